The largest absolute Gasteiger partial charge is 0.466 e. The molecule has 2 nitrogen and oxygen atoms in total. The minimum atomic E-state index is -0.140. The average molecular weight is 264 g/mol. The Bertz CT molecular complexity index is 425. The molecule has 0 aromatic heterocycles. The van der Waals surface area contributed by atoms with E-state index in [1.165, 1.54) is 29.1 Å². The summed E-state index contributed by atoms with van der Waals surface area (Å²) in [5.41, 5.74) is 2.26. The Morgan fingerprint density at radius 3 is 2.83 bits per heavy atom. The van der Waals surface area contributed by atoms with Gasteiger partial charge in [-0.15, -0.1) is 11.8 Å². The maximum atomic E-state index is 11.4. The topological polar surface area (TPSA) is 26.3 Å². The van der Waals surface area contributed by atoms with Gasteiger partial charge in [0.05, 0.1) is 13.0 Å². The molecule has 3 heteroatoms. The van der Waals surface area contributed by atoms with Gasteiger partial charge >= 0.3 is 5.97 Å². The predicted molar refractivity (Wildman–Crippen MR) is 75.0 cm³/mol. The molecule has 0 bridgehead atoms. The summed E-state index contributed by atoms with van der Waals surface area (Å²) < 4.78 is 4.97. The van der Waals surface area contributed by atoms with Crippen LogP contribution in [0.3, 0.4) is 0 Å². The lowest BCUT2D eigenvalue weighted by Crippen LogP contribution is -2.08. The van der Waals surface area contributed by atoms with Gasteiger partial charge in [-0.1, -0.05) is 6.07 Å². The van der Waals surface area contributed by atoms with Crippen LogP contribution in [-0.4, -0.2) is 18.3 Å². The Hall–Kier alpha value is -0.960. The number of carbonyl (C=O) groups is 1. The second-order valence-electron chi connectivity index (χ2n) is 4.82. The van der Waals surface area contributed by atoms with Crippen molar-refractivity contribution >= 4 is 17.7 Å². The summed E-state index contributed by atoms with van der Waals surface area (Å²) in [6, 6.07) is 6.36. The van der Waals surface area contributed by atoms with Gasteiger partial charge < -0.3 is 4.74 Å². The first kappa shape index (κ1) is 13.5. The van der Waals surface area contributed by atoms with Crippen LogP contribution in [0.25, 0.3) is 0 Å². The van der Waals surface area contributed by atoms with Crippen LogP contribution in [0.4, 0.5) is 0 Å². The number of hydrogen-bond acceptors (Lipinski definition) is 3. The van der Waals surface area contributed by atoms with E-state index in [1.807, 2.05) is 18.7 Å². The van der Waals surface area contributed by atoms with Crippen molar-refractivity contribution in [2.75, 3.05) is 12.4 Å². The van der Waals surface area contributed by atoms with E-state index in [1.54, 1.807) is 0 Å². The molecule has 0 atom stereocenters. The summed E-state index contributed by atoms with van der Waals surface area (Å²) in [5, 5.41) is 0. The molecule has 0 amide bonds. The first-order valence-electron chi connectivity index (χ1n) is 6.57. The lowest BCUT2D eigenvalue weighted by atomic mass is 10.1. The van der Waals surface area contributed by atoms with Crippen LogP contribution in [0.5, 0.6) is 0 Å². The minimum absolute atomic E-state index is 0.140. The van der Waals surface area contributed by atoms with Crippen molar-refractivity contribution in [3.05, 3.63) is 29.3 Å². The van der Waals surface area contributed by atoms with E-state index in [9.17, 15) is 4.79 Å². The molecule has 98 valence electrons. The Kier molecular flexibility index (Phi) is 4.70. The lowest BCUT2D eigenvalue weighted by molar-refractivity contribution is -0.142. The number of carbonyl (C=O) groups excluding carboxylic acids is 1. The molecule has 0 saturated heterocycles. The zero-order chi connectivity index (χ0) is 13.0. The molecule has 1 aliphatic rings. The van der Waals surface area contributed by atoms with Crippen molar-refractivity contribution in [1.29, 1.82) is 0 Å². The SMILES string of the molecule is CCOC(=O)Cc1ccc(SCC2CC2)cc1C. The molecule has 1 aromatic rings. The Morgan fingerprint density at radius 1 is 1.44 bits per heavy atom. The maximum absolute atomic E-state index is 11.4. The van der Waals surface area contributed by atoms with Crippen molar-refractivity contribution in [3.8, 4) is 0 Å². The molecule has 1 saturated carbocycles. The van der Waals surface area contributed by atoms with Crippen molar-refractivity contribution in [3.63, 3.8) is 0 Å². The summed E-state index contributed by atoms with van der Waals surface area (Å²) >= 11 is 1.93. The minimum Gasteiger partial charge on any atom is -0.466 e. The number of aryl methyl sites for hydroxylation is 1. The van der Waals surface area contributed by atoms with Crippen LogP contribution in [0.15, 0.2) is 23.1 Å². The predicted octanol–water partition coefficient (Wildman–Crippen LogP) is 3.60. The van der Waals surface area contributed by atoms with Gasteiger partial charge in [0.1, 0.15) is 0 Å². The molecule has 0 unspecified atom stereocenters. The Balaban J connectivity index is 1.93. The molecule has 0 radical (unpaired) electrons. The normalized spacial score (nSPS) is 14.6. The first-order valence-corrected chi connectivity index (χ1v) is 7.55. The van der Waals surface area contributed by atoms with Gasteiger partial charge in [0, 0.05) is 10.6 Å². The first-order chi connectivity index (χ1) is 8.69. The molecule has 0 N–H and O–H groups in total. The quantitative estimate of drug-likeness (QED) is 0.580. The summed E-state index contributed by atoms with van der Waals surface area (Å²) in [4.78, 5) is 12.8. The van der Waals surface area contributed by atoms with E-state index in [0.29, 0.717) is 13.0 Å². The van der Waals surface area contributed by atoms with Crippen molar-refractivity contribution in [2.45, 2.75) is 38.0 Å². The zero-order valence-electron chi connectivity index (χ0n) is 11.1. The fraction of sp³-hybridized carbons (Fsp3) is 0.533. The highest BCUT2D eigenvalue weighted by atomic mass is 32.2. The van der Waals surface area contributed by atoms with Crippen LogP contribution < -0.4 is 0 Å². The van der Waals surface area contributed by atoms with E-state index >= 15 is 0 Å². The summed E-state index contributed by atoms with van der Waals surface area (Å²) in [6.45, 7) is 4.35. The van der Waals surface area contributed by atoms with Gasteiger partial charge in [-0.25, -0.2) is 0 Å². The van der Waals surface area contributed by atoms with Crippen LogP contribution in [0.2, 0.25) is 0 Å². The van der Waals surface area contributed by atoms with E-state index < -0.39 is 0 Å². The third-order valence-corrected chi connectivity index (χ3v) is 4.36. The van der Waals surface area contributed by atoms with Gasteiger partial charge in [0.25, 0.3) is 0 Å². The third-order valence-electron chi connectivity index (χ3n) is 3.14. The maximum Gasteiger partial charge on any atom is 0.310 e. The number of hydrogen-bond donors (Lipinski definition) is 0. The smallest absolute Gasteiger partial charge is 0.310 e. The molecule has 18 heavy (non-hydrogen) atoms. The number of ether oxygens (including phenoxy) is 1. The average Bonchev–Trinajstić information content (AvgIpc) is 3.14. The van der Waals surface area contributed by atoms with E-state index in [2.05, 4.69) is 25.1 Å². The molecule has 1 fully saturated rings. The summed E-state index contributed by atoms with van der Waals surface area (Å²) in [7, 11) is 0. The van der Waals surface area contributed by atoms with E-state index in [4.69, 9.17) is 4.74 Å². The highest BCUT2D eigenvalue weighted by Gasteiger charge is 2.21. The number of rotatable bonds is 6. The van der Waals surface area contributed by atoms with Crippen LogP contribution in [-0.2, 0) is 16.0 Å². The van der Waals surface area contributed by atoms with E-state index in [-0.39, 0.29) is 5.97 Å². The Labute approximate surface area is 113 Å². The molecule has 1 aromatic carbocycles. The van der Waals surface area contributed by atoms with Crippen LogP contribution >= 0.6 is 11.8 Å². The number of thioether (sulfide) groups is 1. The fourth-order valence-corrected chi connectivity index (χ4v) is 3.01. The second-order valence-corrected chi connectivity index (χ2v) is 5.92. The van der Waals surface area contributed by atoms with Crippen LogP contribution in [0, 0.1) is 12.8 Å². The zero-order valence-corrected chi connectivity index (χ0v) is 11.9. The molecule has 0 aliphatic heterocycles. The molecule has 0 spiro atoms. The highest BCUT2D eigenvalue weighted by Crippen LogP contribution is 2.35. The Morgan fingerprint density at radius 2 is 2.22 bits per heavy atom. The highest BCUT2D eigenvalue weighted by molar-refractivity contribution is 7.99. The van der Waals surface area contributed by atoms with Gasteiger partial charge in [0.2, 0.25) is 0 Å². The third kappa shape index (κ3) is 4.05. The molecule has 1 aliphatic carbocycles. The van der Waals surface area contributed by atoms with Crippen LogP contribution in [0.1, 0.15) is 30.9 Å². The number of benzene rings is 1. The lowest BCUT2D eigenvalue weighted by Gasteiger charge is -2.08. The molecular formula is C15H20O2S. The van der Waals surface area contributed by atoms with Crippen molar-refractivity contribution in [2.24, 2.45) is 5.92 Å². The van der Waals surface area contributed by atoms with Gasteiger partial charge in [-0.2, -0.15) is 0 Å². The van der Waals surface area contributed by atoms with Crippen molar-refractivity contribution < 1.29 is 9.53 Å². The second kappa shape index (κ2) is 6.28. The van der Waals surface area contributed by atoms with Crippen molar-refractivity contribution in [1.82, 2.24) is 0 Å². The molecular weight excluding hydrogens is 244 g/mol. The molecule has 2 rings (SSSR count). The van der Waals surface area contributed by atoms with Gasteiger partial charge in [-0.05, 0) is 55.9 Å². The monoisotopic (exact) mass is 264 g/mol. The van der Waals surface area contributed by atoms with E-state index in [0.717, 1.165) is 11.5 Å². The van der Waals surface area contributed by atoms with Gasteiger partial charge in [0.15, 0.2) is 0 Å². The standard InChI is InChI=1S/C15H20O2S/c1-3-17-15(16)9-13-6-7-14(8-11(13)2)18-10-12-4-5-12/h6-8,12H,3-5,9-10H2,1-2H3. The number of esters is 1. The summed E-state index contributed by atoms with van der Waals surface area (Å²) in [6.07, 6.45) is 3.17. The molecule has 0 heterocycles. The van der Waals surface area contributed by atoms with Gasteiger partial charge in [-0.3, -0.25) is 4.79 Å². The fourth-order valence-electron chi connectivity index (χ4n) is 1.82. The summed E-state index contributed by atoms with van der Waals surface area (Å²) in [5.74, 6) is 2.03.